The van der Waals surface area contributed by atoms with Gasteiger partial charge in [0.15, 0.2) is 0 Å². The lowest BCUT2D eigenvalue weighted by Gasteiger charge is -2.05. The van der Waals surface area contributed by atoms with E-state index in [2.05, 4.69) is 5.32 Å². The molecular formula is C7H13NO2. The third-order valence-corrected chi connectivity index (χ3v) is 1.59. The van der Waals surface area contributed by atoms with Crippen LogP contribution >= 0.6 is 0 Å². The van der Waals surface area contributed by atoms with E-state index in [-0.39, 0.29) is 11.5 Å². The average molecular weight is 143 g/mol. The van der Waals surface area contributed by atoms with Crippen molar-refractivity contribution in [2.75, 3.05) is 13.2 Å². The topological polar surface area (TPSA) is 48.2 Å². The second-order valence-corrected chi connectivity index (χ2v) is 2.82. The van der Waals surface area contributed by atoms with Crippen molar-refractivity contribution in [3.05, 3.63) is 0 Å². The minimum Gasteiger partial charge on any atom is -0.464 e. The van der Waals surface area contributed by atoms with Crippen LogP contribution < -0.4 is 5.32 Å². The highest BCUT2D eigenvalue weighted by atomic mass is 16.5. The van der Waals surface area contributed by atoms with Crippen LogP contribution in [-0.2, 0) is 9.53 Å². The molecule has 0 spiro atoms. The van der Waals surface area contributed by atoms with Crippen molar-refractivity contribution in [2.45, 2.75) is 25.8 Å². The van der Waals surface area contributed by atoms with Gasteiger partial charge in [0.1, 0.15) is 5.54 Å². The maximum Gasteiger partial charge on any atom is 0.327 e. The number of ether oxygens (including phenoxy) is 1. The first-order chi connectivity index (χ1) is 4.69. The van der Waals surface area contributed by atoms with E-state index in [1.165, 1.54) is 0 Å². The summed E-state index contributed by atoms with van der Waals surface area (Å²) >= 11 is 0. The predicted molar refractivity (Wildman–Crippen MR) is 37.7 cm³/mol. The Morgan fingerprint density at radius 3 is 2.80 bits per heavy atom. The second kappa shape index (κ2) is 2.58. The molecule has 1 aliphatic heterocycles. The van der Waals surface area contributed by atoms with Crippen LogP contribution in [0.2, 0.25) is 0 Å². The summed E-state index contributed by atoms with van der Waals surface area (Å²) in [5.74, 6) is -0.116. The number of carbonyl (C=O) groups is 1. The fraction of sp³-hybridized carbons (Fsp3) is 0.857. The van der Waals surface area contributed by atoms with E-state index in [0.29, 0.717) is 6.61 Å². The molecule has 58 valence electrons. The van der Waals surface area contributed by atoms with Gasteiger partial charge >= 0.3 is 5.97 Å². The van der Waals surface area contributed by atoms with Gasteiger partial charge in [0.05, 0.1) is 6.61 Å². The standard InChI is InChI=1S/C7H13NO2/c1-3-4-10-6(9)7(2)5-8-7/h8H,3-5H2,1-2H3. The van der Waals surface area contributed by atoms with Crippen molar-refractivity contribution in [3.63, 3.8) is 0 Å². The van der Waals surface area contributed by atoms with Crippen molar-refractivity contribution in [1.82, 2.24) is 5.32 Å². The van der Waals surface area contributed by atoms with E-state index >= 15 is 0 Å². The summed E-state index contributed by atoms with van der Waals surface area (Å²) in [7, 11) is 0. The quantitative estimate of drug-likeness (QED) is 0.456. The molecule has 3 nitrogen and oxygen atoms in total. The molecule has 0 amide bonds. The van der Waals surface area contributed by atoms with Crippen LogP contribution in [-0.4, -0.2) is 24.7 Å². The molecule has 0 radical (unpaired) electrons. The molecule has 0 saturated carbocycles. The Kier molecular flexibility index (Phi) is 1.94. The third kappa shape index (κ3) is 1.48. The molecule has 0 aromatic carbocycles. The molecule has 0 bridgehead atoms. The molecule has 3 heteroatoms. The molecule has 1 heterocycles. The van der Waals surface area contributed by atoms with Crippen LogP contribution in [0.5, 0.6) is 0 Å². The first-order valence-corrected chi connectivity index (χ1v) is 3.61. The molecule has 1 atom stereocenters. The lowest BCUT2D eigenvalue weighted by molar-refractivity contribution is -0.146. The van der Waals surface area contributed by atoms with Crippen LogP contribution in [0, 0.1) is 0 Å². The first-order valence-electron chi connectivity index (χ1n) is 3.61. The molecule has 1 fully saturated rings. The van der Waals surface area contributed by atoms with E-state index in [1.807, 2.05) is 13.8 Å². The fourth-order valence-electron chi connectivity index (χ4n) is 0.631. The molecule has 1 unspecified atom stereocenters. The van der Waals surface area contributed by atoms with Gasteiger partial charge in [-0.3, -0.25) is 10.1 Å². The van der Waals surface area contributed by atoms with Gasteiger partial charge in [-0.15, -0.1) is 0 Å². The Labute approximate surface area is 60.7 Å². The Balaban J connectivity index is 2.22. The van der Waals surface area contributed by atoms with Crippen LogP contribution in [0.25, 0.3) is 0 Å². The molecule has 0 aromatic rings. The van der Waals surface area contributed by atoms with Gasteiger partial charge in [-0.2, -0.15) is 0 Å². The van der Waals surface area contributed by atoms with Crippen LogP contribution in [0.3, 0.4) is 0 Å². The van der Waals surface area contributed by atoms with Crippen LogP contribution in [0.1, 0.15) is 20.3 Å². The van der Waals surface area contributed by atoms with E-state index in [1.54, 1.807) is 0 Å². The van der Waals surface area contributed by atoms with Gasteiger partial charge in [-0.25, -0.2) is 0 Å². The highest BCUT2D eigenvalue weighted by Gasteiger charge is 2.45. The molecule has 1 aliphatic rings. The van der Waals surface area contributed by atoms with E-state index in [9.17, 15) is 4.79 Å². The zero-order valence-electron chi connectivity index (χ0n) is 6.44. The van der Waals surface area contributed by atoms with Gasteiger partial charge in [-0.1, -0.05) is 6.92 Å². The molecule has 0 aliphatic carbocycles. The highest BCUT2D eigenvalue weighted by molar-refractivity contribution is 5.84. The summed E-state index contributed by atoms with van der Waals surface area (Å²) in [6.45, 7) is 5.13. The van der Waals surface area contributed by atoms with Crippen LogP contribution in [0.15, 0.2) is 0 Å². The Hall–Kier alpha value is -0.570. The largest absolute Gasteiger partial charge is 0.464 e. The SMILES string of the molecule is CCCOC(=O)C1(C)CN1. The normalized spacial score (nSPS) is 29.8. The monoisotopic (exact) mass is 143 g/mol. The third-order valence-electron chi connectivity index (χ3n) is 1.59. The van der Waals surface area contributed by atoms with Crippen molar-refractivity contribution >= 4 is 5.97 Å². The summed E-state index contributed by atoms with van der Waals surface area (Å²) in [4.78, 5) is 11.0. The lowest BCUT2D eigenvalue weighted by Crippen LogP contribution is -2.26. The fourth-order valence-corrected chi connectivity index (χ4v) is 0.631. The number of rotatable bonds is 3. The van der Waals surface area contributed by atoms with E-state index in [4.69, 9.17) is 4.74 Å². The minimum absolute atomic E-state index is 0.116. The number of esters is 1. The van der Waals surface area contributed by atoms with Gasteiger partial charge < -0.3 is 4.74 Å². The van der Waals surface area contributed by atoms with Gasteiger partial charge in [0.2, 0.25) is 0 Å². The Bertz CT molecular complexity index is 141. The molecular weight excluding hydrogens is 130 g/mol. The molecule has 1 rings (SSSR count). The predicted octanol–water partition coefficient (Wildman–Crippen LogP) is 0.301. The molecule has 10 heavy (non-hydrogen) atoms. The Morgan fingerprint density at radius 2 is 2.40 bits per heavy atom. The molecule has 1 N–H and O–H groups in total. The number of nitrogens with one attached hydrogen (secondary N) is 1. The average Bonchev–Trinajstić information content (AvgIpc) is 2.64. The number of hydrogen-bond donors (Lipinski definition) is 1. The van der Waals surface area contributed by atoms with Gasteiger partial charge in [0.25, 0.3) is 0 Å². The van der Waals surface area contributed by atoms with Crippen molar-refractivity contribution < 1.29 is 9.53 Å². The van der Waals surface area contributed by atoms with Crippen molar-refractivity contribution in [2.24, 2.45) is 0 Å². The maximum absolute atomic E-state index is 11.0. The lowest BCUT2D eigenvalue weighted by atomic mass is 10.2. The Morgan fingerprint density at radius 1 is 1.80 bits per heavy atom. The summed E-state index contributed by atoms with van der Waals surface area (Å²) < 4.78 is 4.92. The number of carbonyl (C=O) groups excluding carboxylic acids is 1. The van der Waals surface area contributed by atoms with Crippen molar-refractivity contribution in [3.8, 4) is 0 Å². The minimum atomic E-state index is -0.352. The van der Waals surface area contributed by atoms with Gasteiger partial charge in [0, 0.05) is 6.54 Å². The van der Waals surface area contributed by atoms with E-state index in [0.717, 1.165) is 13.0 Å². The summed E-state index contributed by atoms with van der Waals surface area (Å²) in [5.41, 5.74) is -0.352. The highest BCUT2D eigenvalue weighted by Crippen LogP contribution is 2.16. The second-order valence-electron chi connectivity index (χ2n) is 2.82. The number of hydrogen-bond acceptors (Lipinski definition) is 3. The molecule has 0 aromatic heterocycles. The molecule has 1 saturated heterocycles. The zero-order chi connectivity index (χ0) is 7.61. The van der Waals surface area contributed by atoms with Crippen LogP contribution in [0.4, 0.5) is 0 Å². The maximum atomic E-state index is 11.0. The summed E-state index contributed by atoms with van der Waals surface area (Å²) in [6.07, 6.45) is 0.891. The van der Waals surface area contributed by atoms with Crippen molar-refractivity contribution in [1.29, 1.82) is 0 Å². The zero-order valence-corrected chi connectivity index (χ0v) is 6.44. The van der Waals surface area contributed by atoms with Gasteiger partial charge in [-0.05, 0) is 13.3 Å². The summed E-state index contributed by atoms with van der Waals surface area (Å²) in [6, 6.07) is 0. The van der Waals surface area contributed by atoms with E-state index < -0.39 is 0 Å². The smallest absolute Gasteiger partial charge is 0.327 e. The first kappa shape index (κ1) is 7.54. The summed E-state index contributed by atoms with van der Waals surface area (Å²) in [5, 5.41) is 2.94.